The maximum absolute atomic E-state index is 12.6. The topological polar surface area (TPSA) is 35.6 Å². The lowest BCUT2D eigenvalue weighted by Gasteiger charge is -2.40. The third kappa shape index (κ3) is 5.76. The Bertz CT molecular complexity index is 626. The molecule has 1 aromatic rings. The van der Waals surface area contributed by atoms with Crippen molar-refractivity contribution in [2.45, 2.75) is 38.6 Å². The molecule has 4 rings (SSSR count). The number of amides is 1. The summed E-state index contributed by atoms with van der Waals surface area (Å²) in [7, 11) is 0. The van der Waals surface area contributed by atoms with Crippen LogP contribution < -0.4 is 5.32 Å². The molecule has 7 heteroatoms. The van der Waals surface area contributed by atoms with Gasteiger partial charge in [-0.2, -0.15) is 0 Å². The molecule has 3 fully saturated rings. The summed E-state index contributed by atoms with van der Waals surface area (Å²) in [4.78, 5) is 17.3. The van der Waals surface area contributed by atoms with E-state index < -0.39 is 0 Å². The molecule has 0 radical (unpaired) electrons. The number of nitrogens with one attached hydrogen (secondary N) is 1. The molecule has 3 saturated heterocycles. The fourth-order valence-corrected chi connectivity index (χ4v) is 5.05. The van der Waals surface area contributed by atoms with Gasteiger partial charge < -0.3 is 15.1 Å². The molecule has 158 valence electrons. The van der Waals surface area contributed by atoms with Crippen LogP contribution in [0.2, 0.25) is 5.02 Å². The van der Waals surface area contributed by atoms with Gasteiger partial charge in [0.05, 0.1) is 0 Å². The molecule has 3 aliphatic heterocycles. The number of carbonyl (C=O) groups excluding carboxylic acids is 1. The van der Waals surface area contributed by atoms with Crippen molar-refractivity contribution in [2.75, 3.05) is 39.3 Å². The smallest absolute Gasteiger partial charge is 0.223 e. The highest BCUT2D eigenvalue weighted by atomic mass is 35.5. The summed E-state index contributed by atoms with van der Waals surface area (Å²) in [5.41, 5.74) is 1.38. The van der Waals surface area contributed by atoms with Gasteiger partial charge in [0.1, 0.15) is 0 Å². The summed E-state index contributed by atoms with van der Waals surface area (Å²) < 4.78 is 0. The number of halogens is 3. The largest absolute Gasteiger partial charge is 0.338 e. The second-order valence-electron chi connectivity index (χ2n) is 8.57. The van der Waals surface area contributed by atoms with Gasteiger partial charge in [-0.05, 0) is 80.9 Å². The SMILES string of the molecule is Cl.Cl.O=C1CC2(CCN(CC3CCCNC3)CC2)CN1Cc1ccc(Cl)cc1. The van der Waals surface area contributed by atoms with Crippen LogP contribution in [0, 0.1) is 11.3 Å². The molecule has 0 bridgehead atoms. The zero-order chi connectivity index (χ0) is 18.0. The van der Waals surface area contributed by atoms with Crippen LogP contribution in [0.1, 0.15) is 37.7 Å². The number of rotatable bonds is 4. The molecule has 1 spiro atoms. The maximum Gasteiger partial charge on any atom is 0.223 e. The van der Waals surface area contributed by atoms with Gasteiger partial charge in [0, 0.05) is 31.1 Å². The van der Waals surface area contributed by atoms with Gasteiger partial charge in [-0.25, -0.2) is 0 Å². The summed E-state index contributed by atoms with van der Waals surface area (Å²) in [6, 6.07) is 7.88. The van der Waals surface area contributed by atoms with Gasteiger partial charge >= 0.3 is 0 Å². The van der Waals surface area contributed by atoms with Gasteiger partial charge in [-0.15, -0.1) is 24.8 Å². The first-order valence-corrected chi connectivity index (χ1v) is 10.5. The van der Waals surface area contributed by atoms with Gasteiger partial charge in [-0.1, -0.05) is 23.7 Å². The number of hydrogen-bond acceptors (Lipinski definition) is 3. The number of nitrogens with zero attached hydrogens (tertiary/aromatic N) is 2. The Kier molecular flexibility index (Phi) is 8.90. The van der Waals surface area contributed by atoms with Crippen LogP contribution in [0.15, 0.2) is 24.3 Å². The van der Waals surface area contributed by atoms with Crippen LogP contribution >= 0.6 is 36.4 Å². The molecule has 3 heterocycles. The average Bonchev–Trinajstić information content (AvgIpc) is 2.95. The molecule has 1 unspecified atom stereocenters. The van der Waals surface area contributed by atoms with Gasteiger partial charge in [0.25, 0.3) is 0 Å². The number of carbonyl (C=O) groups is 1. The fraction of sp³-hybridized carbons (Fsp3) is 0.667. The molecule has 1 amide bonds. The Morgan fingerprint density at radius 2 is 1.86 bits per heavy atom. The summed E-state index contributed by atoms with van der Waals surface area (Å²) in [6.07, 6.45) is 5.74. The van der Waals surface area contributed by atoms with Crippen molar-refractivity contribution in [1.29, 1.82) is 0 Å². The molecular weight excluding hydrogens is 417 g/mol. The second kappa shape index (κ2) is 10.5. The Labute approximate surface area is 186 Å². The molecule has 28 heavy (non-hydrogen) atoms. The van der Waals surface area contributed by atoms with Crippen LogP contribution in [0.5, 0.6) is 0 Å². The van der Waals surface area contributed by atoms with E-state index in [1.165, 1.54) is 38.0 Å². The molecule has 0 aliphatic carbocycles. The summed E-state index contributed by atoms with van der Waals surface area (Å²) in [5, 5.41) is 4.27. The first-order valence-electron chi connectivity index (χ1n) is 10.1. The van der Waals surface area contributed by atoms with E-state index in [2.05, 4.69) is 15.1 Å². The third-order valence-corrected chi connectivity index (χ3v) is 6.78. The first-order chi connectivity index (χ1) is 12.6. The predicted molar refractivity (Wildman–Crippen MR) is 120 cm³/mol. The normalized spacial score (nSPS) is 24.7. The minimum atomic E-state index is 0. The zero-order valence-electron chi connectivity index (χ0n) is 16.4. The van der Waals surface area contributed by atoms with E-state index in [1.807, 2.05) is 24.3 Å². The van der Waals surface area contributed by atoms with Crippen LogP contribution in [-0.4, -0.2) is 55.0 Å². The number of hydrogen-bond donors (Lipinski definition) is 1. The van der Waals surface area contributed by atoms with E-state index in [0.29, 0.717) is 5.91 Å². The molecule has 4 nitrogen and oxygen atoms in total. The first kappa shape index (κ1) is 23.8. The summed E-state index contributed by atoms with van der Waals surface area (Å²) >= 11 is 5.97. The molecule has 1 N–H and O–H groups in total. The standard InChI is InChI=1S/C21H30ClN3O.2ClH/c22-19-5-3-17(4-6-19)15-25-16-21(12-20(25)26)7-10-24(11-8-21)14-18-2-1-9-23-13-18;;/h3-6,18,23H,1-2,7-16H2;2*1H. The summed E-state index contributed by atoms with van der Waals surface area (Å²) in [6.45, 7) is 7.53. The minimum absolute atomic E-state index is 0. The zero-order valence-corrected chi connectivity index (χ0v) is 18.8. The molecule has 3 aliphatic rings. The number of benzene rings is 1. The predicted octanol–water partition coefficient (Wildman–Crippen LogP) is 4.00. The van der Waals surface area contributed by atoms with Gasteiger partial charge in [0.15, 0.2) is 0 Å². The summed E-state index contributed by atoms with van der Waals surface area (Å²) in [5.74, 6) is 1.13. The molecule has 1 atom stereocenters. The highest BCUT2D eigenvalue weighted by Crippen LogP contribution is 2.41. The van der Waals surface area contributed by atoms with Crippen molar-refractivity contribution in [3.8, 4) is 0 Å². The maximum atomic E-state index is 12.6. The van der Waals surface area contributed by atoms with Crippen LogP contribution in [-0.2, 0) is 11.3 Å². The highest BCUT2D eigenvalue weighted by molar-refractivity contribution is 6.30. The van der Waals surface area contributed by atoms with E-state index in [0.717, 1.165) is 56.4 Å². The quantitative estimate of drug-likeness (QED) is 0.756. The van der Waals surface area contributed by atoms with E-state index in [1.54, 1.807) is 0 Å². The van der Waals surface area contributed by atoms with Crippen molar-refractivity contribution >= 4 is 42.3 Å². The minimum Gasteiger partial charge on any atom is -0.338 e. The van der Waals surface area contributed by atoms with E-state index in [9.17, 15) is 4.79 Å². The van der Waals surface area contributed by atoms with Crippen molar-refractivity contribution in [3.05, 3.63) is 34.9 Å². The van der Waals surface area contributed by atoms with Crippen molar-refractivity contribution in [3.63, 3.8) is 0 Å². The van der Waals surface area contributed by atoms with E-state index in [-0.39, 0.29) is 30.2 Å². The van der Waals surface area contributed by atoms with E-state index >= 15 is 0 Å². The fourth-order valence-electron chi connectivity index (χ4n) is 4.93. The van der Waals surface area contributed by atoms with Crippen molar-refractivity contribution in [1.82, 2.24) is 15.1 Å². The Balaban J connectivity index is 0.00000140. The average molecular weight is 449 g/mol. The monoisotopic (exact) mass is 447 g/mol. The number of piperidine rings is 2. The van der Waals surface area contributed by atoms with Crippen LogP contribution in [0.4, 0.5) is 0 Å². The van der Waals surface area contributed by atoms with Crippen LogP contribution in [0.25, 0.3) is 0 Å². The lowest BCUT2D eigenvalue weighted by Crippen LogP contribution is -2.45. The van der Waals surface area contributed by atoms with Gasteiger partial charge in [0.2, 0.25) is 5.91 Å². The van der Waals surface area contributed by atoms with Crippen molar-refractivity contribution in [2.24, 2.45) is 11.3 Å². The second-order valence-corrected chi connectivity index (χ2v) is 9.00. The lowest BCUT2D eigenvalue weighted by molar-refractivity contribution is -0.128. The molecule has 1 aromatic carbocycles. The third-order valence-electron chi connectivity index (χ3n) is 6.52. The lowest BCUT2D eigenvalue weighted by atomic mass is 9.77. The van der Waals surface area contributed by atoms with E-state index in [4.69, 9.17) is 11.6 Å². The van der Waals surface area contributed by atoms with Crippen LogP contribution in [0.3, 0.4) is 0 Å². The van der Waals surface area contributed by atoms with Crippen molar-refractivity contribution < 1.29 is 4.79 Å². The molecular formula is C21H32Cl3N3O. The highest BCUT2D eigenvalue weighted by Gasteiger charge is 2.44. The molecule has 0 aromatic heterocycles. The molecule has 0 saturated carbocycles. The Hall–Kier alpha value is -0.520. The number of likely N-dealkylation sites (tertiary alicyclic amines) is 2. The Morgan fingerprint density at radius 3 is 2.50 bits per heavy atom. The van der Waals surface area contributed by atoms with Gasteiger partial charge in [-0.3, -0.25) is 4.79 Å². The Morgan fingerprint density at radius 1 is 1.14 bits per heavy atom.